The highest BCUT2D eigenvalue weighted by Crippen LogP contribution is 2.33. The molecule has 0 aliphatic carbocycles. The van der Waals surface area contributed by atoms with Crippen molar-refractivity contribution in [1.29, 1.82) is 0 Å². The maximum absolute atomic E-state index is 11.2. The summed E-state index contributed by atoms with van der Waals surface area (Å²) in [5.41, 5.74) is 0.0648. The first-order valence-electron chi connectivity index (χ1n) is 11.9. The van der Waals surface area contributed by atoms with Crippen LogP contribution < -0.4 is 10.1 Å². The second-order valence-corrected chi connectivity index (χ2v) is 9.63. The van der Waals surface area contributed by atoms with Gasteiger partial charge in [-0.25, -0.2) is 4.79 Å². The van der Waals surface area contributed by atoms with Gasteiger partial charge in [-0.1, -0.05) is 25.1 Å². The molecule has 0 bridgehead atoms. The number of aromatic nitrogens is 1. The molecule has 9 heteroatoms. The zero-order valence-corrected chi connectivity index (χ0v) is 19.5. The lowest BCUT2D eigenvalue weighted by Gasteiger charge is -2.41. The van der Waals surface area contributed by atoms with Gasteiger partial charge in [-0.05, 0) is 49.9 Å². The quantitative estimate of drug-likeness (QED) is 0.531. The van der Waals surface area contributed by atoms with E-state index < -0.39 is 11.8 Å². The Balaban J connectivity index is 1.31. The van der Waals surface area contributed by atoms with Crippen LogP contribution in [0.25, 0.3) is 11.0 Å². The van der Waals surface area contributed by atoms with Crippen LogP contribution in [0.4, 0.5) is 10.6 Å². The molecule has 3 heterocycles. The number of carbonyl (C=O) groups is 1. The predicted molar refractivity (Wildman–Crippen MR) is 124 cm³/mol. The fraction of sp³-hybridized carbons (Fsp3) is 0.667. The van der Waals surface area contributed by atoms with Crippen LogP contribution in [0.15, 0.2) is 22.7 Å². The molecule has 1 aromatic carbocycles. The lowest BCUT2D eigenvalue weighted by atomic mass is 9.90. The summed E-state index contributed by atoms with van der Waals surface area (Å²) >= 11 is 0. The molecule has 2 aromatic rings. The van der Waals surface area contributed by atoms with Crippen LogP contribution in [0.3, 0.4) is 0 Å². The van der Waals surface area contributed by atoms with Crippen molar-refractivity contribution in [3.05, 3.63) is 18.2 Å². The molecule has 0 unspecified atom stereocenters. The van der Waals surface area contributed by atoms with Crippen LogP contribution in [0.2, 0.25) is 0 Å². The molecule has 4 rings (SSSR count). The van der Waals surface area contributed by atoms with E-state index in [4.69, 9.17) is 18.7 Å². The molecule has 2 N–H and O–H groups in total. The largest absolute Gasteiger partial charge is 0.506 e. The first kappa shape index (κ1) is 23.6. The first-order chi connectivity index (χ1) is 15.9. The van der Waals surface area contributed by atoms with Crippen molar-refractivity contribution < 1.29 is 28.6 Å². The van der Waals surface area contributed by atoms with Gasteiger partial charge in [-0.3, -0.25) is 4.90 Å². The van der Waals surface area contributed by atoms with E-state index >= 15 is 0 Å². The Kier molecular flexibility index (Phi) is 7.60. The van der Waals surface area contributed by atoms with Crippen molar-refractivity contribution in [2.24, 2.45) is 11.8 Å². The summed E-state index contributed by atoms with van der Waals surface area (Å²) < 4.78 is 22.3. The Morgan fingerprint density at radius 2 is 2.06 bits per heavy atom. The van der Waals surface area contributed by atoms with Gasteiger partial charge in [0.15, 0.2) is 11.4 Å². The number of benzene rings is 1. The molecular weight excluding hydrogens is 426 g/mol. The lowest BCUT2D eigenvalue weighted by molar-refractivity contribution is -0.101. The molecule has 1 aromatic heterocycles. The predicted octanol–water partition coefficient (Wildman–Crippen LogP) is 4.23. The molecule has 0 spiro atoms. The number of nitrogens with zero attached hydrogens (tertiary/aromatic N) is 2. The number of hydrogen-bond donors (Lipinski definition) is 2. The normalized spacial score (nSPS) is 19.6. The Labute approximate surface area is 194 Å². The topological polar surface area (TPSA) is 106 Å². The number of nitrogens with one attached hydrogen (secondary N) is 1. The van der Waals surface area contributed by atoms with Gasteiger partial charge in [-0.15, -0.1) is 0 Å². The van der Waals surface area contributed by atoms with Gasteiger partial charge < -0.3 is 29.2 Å². The molecular formula is C24H35N3O6. The van der Waals surface area contributed by atoms with Crippen molar-refractivity contribution in [1.82, 2.24) is 10.1 Å². The third-order valence-electron chi connectivity index (χ3n) is 6.52. The zero-order valence-electron chi connectivity index (χ0n) is 19.5. The molecule has 182 valence electrons. The summed E-state index contributed by atoms with van der Waals surface area (Å²) in [6.45, 7) is 9.24. The van der Waals surface area contributed by atoms with Gasteiger partial charge in [0.05, 0.1) is 19.8 Å². The van der Waals surface area contributed by atoms with Gasteiger partial charge >= 0.3 is 6.16 Å². The molecule has 0 atom stereocenters. The Morgan fingerprint density at radius 1 is 1.30 bits per heavy atom. The highest BCUT2D eigenvalue weighted by atomic mass is 16.7. The minimum atomic E-state index is -1.20. The maximum atomic E-state index is 11.2. The number of likely N-dealkylation sites (tertiary alicyclic amines) is 1. The minimum Gasteiger partial charge on any atom is -0.492 e. The summed E-state index contributed by atoms with van der Waals surface area (Å²) in [5.74, 6) is 2.45. The van der Waals surface area contributed by atoms with Crippen LogP contribution in [-0.4, -0.2) is 72.9 Å². The van der Waals surface area contributed by atoms with E-state index in [2.05, 4.69) is 29.2 Å². The van der Waals surface area contributed by atoms with Crippen LogP contribution in [0.5, 0.6) is 5.75 Å². The lowest BCUT2D eigenvalue weighted by Crippen LogP contribution is -2.51. The number of carboxylic acid groups (broad SMARTS) is 1. The zero-order chi connectivity index (χ0) is 23.3. The van der Waals surface area contributed by atoms with Crippen molar-refractivity contribution >= 4 is 22.9 Å². The molecule has 2 aliphatic heterocycles. The van der Waals surface area contributed by atoms with Crippen LogP contribution >= 0.6 is 0 Å². The number of ether oxygens (including phenoxy) is 3. The van der Waals surface area contributed by atoms with Crippen molar-refractivity contribution in [3.8, 4) is 5.75 Å². The average Bonchev–Trinajstić information content (AvgIpc) is 3.21. The molecule has 2 aliphatic rings. The van der Waals surface area contributed by atoms with E-state index in [1.807, 2.05) is 18.2 Å². The van der Waals surface area contributed by atoms with Gasteiger partial charge in [0.25, 0.3) is 0 Å². The van der Waals surface area contributed by atoms with E-state index in [0.717, 1.165) is 49.4 Å². The Morgan fingerprint density at radius 3 is 2.76 bits per heavy atom. The van der Waals surface area contributed by atoms with Crippen molar-refractivity contribution in [2.45, 2.75) is 45.1 Å². The van der Waals surface area contributed by atoms with Crippen molar-refractivity contribution in [3.63, 3.8) is 0 Å². The van der Waals surface area contributed by atoms with Crippen molar-refractivity contribution in [2.75, 3.05) is 51.3 Å². The number of anilines is 1. The standard InChI is InChI=1S/C24H35N3O6/c1-17(2)15-31-19-4-3-5-20-21(19)22(26-33-20)25-14-18-6-10-27(11-7-18)16-24(32-23(28)29)8-12-30-13-9-24/h3-5,17-18H,6-16H2,1-2H3,(H,25,26)(H,28,29). The summed E-state index contributed by atoms with van der Waals surface area (Å²) in [4.78, 5) is 13.6. The van der Waals surface area contributed by atoms with E-state index in [1.165, 1.54) is 0 Å². The molecule has 2 fully saturated rings. The summed E-state index contributed by atoms with van der Waals surface area (Å²) in [5, 5.41) is 17.8. The third-order valence-corrected chi connectivity index (χ3v) is 6.52. The minimum absolute atomic E-state index is 0.433. The summed E-state index contributed by atoms with van der Waals surface area (Å²) in [6.07, 6.45) is 2.08. The molecule has 0 amide bonds. The summed E-state index contributed by atoms with van der Waals surface area (Å²) in [6, 6.07) is 5.78. The monoisotopic (exact) mass is 461 g/mol. The highest BCUT2D eigenvalue weighted by molar-refractivity contribution is 5.93. The van der Waals surface area contributed by atoms with Gasteiger partial charge in [0.1, 0.15) is 16.7 Å². The molecule has 0 saturated carbocycles. The maximum Gasteiger partial charge on any atom is 0.506 e. The van der Waals surface area contributed by atoms with Gasteiger partial charge in [-0.2, -0.15) is 0 Å². The van der Waals surface area contributed by atoms with Gasteiger partial charge in [0, 0.05) is 25.9 Å². The number of rotatable bonds is 9. The van der Waals surface area contributed by atoms with E-state index in [-0.39, 0.29) is 0 Å². The van der Waals surface area contributed by atoms with Crippen LogP contribution in [-0.2, 0) is 9.47 Å². The second-order valence-electron chi connectivity index (χ2n) is 9.63. The number of hydrogen-bond acceptors (Lipinski definition) is 8. The van der Waals surface area contributed by atoms with E-state index in [1.54, 1.807) is 0 Å². The molecule has 2 saturated heterocycles. The SMILES string of the molecule is CC(C)COc1cccc2onc(NCC3CCN(CC4(OC(=O)O)CCOCC4)CC3)c12. The Bertz CT molecular complexity index is 916. The second kappa shape index (κ2) is 10.6. The molecule has 0 radical (unpaired) electrons. The van der Waals surface area contributed by atoms with E-state index in [0.29, 0.717) is 56.6 Å². The number of piperidine rings is 1. The average molecular weight is 462 g/mol. The smallest absolute Gasteiger partial charge is 0.492 e. The summed E-state index contributed by atoms with van der Waals surface area (Å²) in [7, 11) is 0. The molecule has 9 nitrogen and oxygen atoms in total. The highest BCUT2D eigenvalue weighted by Gasteiger charge is 2.39. The first-order valence-corrected chi connectivity index (χ1v) is 11.9. The fourth-order valence-corrected chi connectivity index (χ4v) is 4.68. The van der Waals surface area contributed by atoms with Crippen LogP contribution in [0, 0.1) is 11.8 Å². The Hall–Kier alpha value is -2.52. The van der Waals surface area contributed by atoms with E-state index in [9.17, 15) is 9.90 Å². The van der Waals surface area contributed by atoms with Crippen LogP contribution in [0.1, 0.15) is 39.5 Å². The van der Waals surface area contributed by atoms with Gasteiger partial charge in [0.2, 0.25) is 0 Å². The fourth-order valence-electron chi connectivity index (χ4n) is 4.68. The third kappa shape index (κ3) is 6.09. The number of fused-ring (bicyclic) bond motifs is 1. The molecule has 33 heavy (non-hydrogen) atoms.